The van der Waals surface area contributed by atoms with Crippen molar-refractivity contribution < 1.29 is 11.5 Å². The van der Waals surface area contributed by atoms with Crippen molar-refractivity contribution in [1.82, 2.24) is 4.98 Å². The van der Waals surface area contributed by atoms with Gasteiger partial charge in [-0.15, -0.1) is 0 Å². The number of aromatic nitrogens is 1. The van der Waals surface area contributed by atoms with Gasteiger partial charge in [-0.05, 0) is 29.3 Å². The van der Waals surface area contributed by atoms with Gasteiger partial charge in [-0.1, -0.05) is 18.2 Å². The summed E-state index contributed by atoms with van der Waals surface area (Å²) in [5.74, 6) is -0.827. The first-order valence-electron chi connectivity index (χ1n) is 7.59. The van der Waals surface area contributed by atoms with Crippen LogP contribution in [0.4, 0.5) is 14.5 Å². The molecule has 21 heavy (non-hydrogen) atoms. The number of rotatable bonds is 2. The number of para-hydroxylation sites is 1. The molecule has 0 bridgehead atoms. The number of nitrogens with zero attached hydrogens (tertiary/aromatic N) is 1. The Morgan fingerprint density at radius 2 is 2.14 bits per heavy atom. The van der Waals surface area contributed by atoms with Crippen molar-refractivity contribution in [2.75, 3.05) is 0 Å². The molecule has 1 aromatic heterocycles. The van der Waals surface area contributed by atoms with Crippen molar-refractivity contribution in [3.8, 4) is 0 Å². The molecule has 2 heterocycles. The van der Waals surface area contributed by atoms with Gasteiger partial charge in [-0.3, -0.25) is 4.99 Å². The fourth-order valence-electron chi connectivity index (χ4n) is 2.60. The summed E-state index contributed by atoms with van der Waals surface area (Å²) in [4.78, 5) is 7.05. The third kappa shape index (κ3) is 2.03. The molecule has 2 nitrogen and oxygen atoms in total. The lowest BCUT2D eigenvalue weighted by atomic mass is 10.0. The molecule has 1 aliphatic heterocycles. The lowest BCUT2D eigenvalue weighted by Crippen LogP contribution is -2.02. The third-order valence-corrected chi connectivity index (χ3v) is 3.60. The zero-order chi connectivity index (χ0) is 16.2. The highest BCUT2D eigenvalue weighted by molar-refractivity contribution is 5.98. The van der Waals surface area contributed by atoms with Crippen molar-refractivity contribution in [2.24, 2.45) is 4.99 Å². The Balaban J connectivity index is 1.82. The molecular weight excluding hydrogens is 270 g/mol. The zero-order valence-corrected chi connectivity index (χ0v) is 11.0. The second-order valence-corrected chi connectivity index (χ2v) is 5.00. The molecule has 0 saturated heterocycles. The maximum atomic E-state index is 13.8. The van der Waals surface area contributed by atoms with Gasteiger partial charge in [0.25, 0.3) is 0 Å². The average molecular weight is 284 g/mol. The number of fused-ring (bicyclic) bond motifs is 2. The Bertz CT molecular complexity index is 960. The Kier molecular flexibility index (Phi) is 2.21. The van der Waals surface area contributed by atoms with E-state index in [0.29, 0.717) is 28.8 Å². The summed E-state index contributed by atoms with van der Waals surface area (Å²) in [7, 11) is 0. The minimum absolute atomic E-state index is 0.272. The van der Waals surface area contributed by atoms with Gasteiger partial charge in [0.2, 0.25) is 0 Å². The fraction of sp³-hybridized carbons (Fsp3) is 0.118. The van der Waals surface area contributed by atoms with E-state index in [2.05, 4.69) is 9.98 Å². The molecule has 4 rings (SSSR count). The molecule has 0 atom stereocenters. The predicted molar refractivity (Wildman–Crippen MR) is 79.2 cm³/mol. The van der Waals surface area contributed by atoms with Crippen LogP contribution in [0.3, 0.4) is 0 Å². The van der Waals surface area contributed by atoms with E-state index in [9.17, 15) is 8.78 Å². The number of aromatic amines is 1. The minimum Gasteiger partial charge on any atom is -0.359 e. The summed E-state index contributed by atoms with van der Waals surface area (Å²) < 4.78 is 44.0. The largest absolute Gasteiger partial charge is 0.359 e. The van der Waals surface area contributed by atoms with Crippen LogP contribution in [0.15, 0.2) is 47.6 Å². The molecular formula is C17H12F2N2. The van der Waals surface area contributed by atoms with Crippen LogP contribution in [-0.2, 0) is 12.8 Å². The van der Waals surface area contributed by atoms with Crippen LogP contribution >= 0.6 is 0 Å². The lowest BCUT2D eigenvalue weighted by Gasteiger charge is -1.99. The van der Waals surface area contributed by atoms with E-state index in [-0.39, 0.29) is 5.52 Å². The molecule has 0 amide bonds. The Morgan fingerprint density at radius 3 is 3.05 bits per heavy atom. The molecule has 0 saturated carbocycles. The predicted octanol–water partition coefficient (Wildman–Crippen LogP) is 4.32. The molecule has 0 fully saturated rings. The van der Waals surface area contributed by atoms with Crippen molar-refractivity contribution in [1.29, 1.82) is 0 Å². The van der Waals surface area contributed by atoms with E-state index >= 15 is 0 Å². The standard InChI is InChI=1S/C17H12F2N2/c18-12-5-4-10-6-13(21-16(10)8-12)7-11-9-20-17-14(11)2-1-3-15(17)19/h1-5,8-9,20H,6-7H2/i7D2. The van der Waals surface area contributed by atoms with Crippen molar-refractivity contribution >= 4 is 22.3 Å². The van der Waals surface area contributed by atoms with Crippen LogP contribution < -0.4 is 0 Å². The Labute approximate surface area is 123 Å². The SMILES string of the molecule is [2H]C([2H])(C1=Nc2cc(F)ccc2C1)c1c[nH]c2c(F)cccc12. The minimum atomic E-state index is -1.87. The van der Waals surface area contributed by atoms with Gasteiger partial charge in [0.05, 0.1) is 11.2 Å². The molecule has 0 unspecified atom stereocenters. The Hall–Kier alpha value is -2.49. The summed E-state index contributed by atoms with van der Waals surface area (Å²) >= 11 is 0. The maximum absolute atomic E-state index is 13.8. The van der Waals surface area contributed by atoms with Gasteiger partial charge < -0.3 is 4.98 Å². The summed E-state index contributed by atoms with van der Waals surface area (Å²) in [6.45, 7) is 0. The molecule has 1 aliphatic rings. The topological polar surface area (TPSA) is 28.1 Å². The van der Waals surface area contributed by atoms with Gasteiger partial charge in [0, 0.05) is 32.8 Å². The van der Waals surface area contributed by atoms with E-state index in [1.54, 1.807) is 18.2 Å². The van der Waals surface area contributed by atoms with Gasteiger partial charge in [-0.25, -0.2) is 8.78 Å². The number of H-pyrrole nitrogens is 1. The van der Waals surface area contributed by atoms with Gasteiger partial charge in [-0.2, -0.15) is 0 Å². The maximum Gasteiger partial charge on any atom is 0.147 e. The van der Waals surface area contributed by atoms with Gasteiger partial charge in [0.1, 0.15) is 11.6 Å². The fourth-order valence-corrected chi connectivity index (χ4v) is 2.60. The van der Waals surface area contributed by atoms with Gasteiger partial charge in [0.15, 0.2) is 0 Å². The smallest absolute Gasteiger partial charge is 0.147 e. The first-order chi connectivity index (χ1) is 11.0. The molecule has 0 spiro atoms. The summed E-state index contributed by atoms with van der Waals surface area (Å²) in [6.07, 6.45) is -0.0913. The van der Waals surface area contributed by atoms with Crippen molar-refractivity contribution in [2.45, 2.75) is 12.8 Å². The summed E-state index contributed by atoms with van der Waals surface area (Å²) in [5.41, 5.74) is 2.14. The van der Waals surface area contributed by atoms with E-state index in [4.69, 9.17) is 2.74 Å². The number of aliphatic imine (C=N–C) groups is 1. The van der Waals surface area contributed by atoms with E-state index in [0.717, 1.165) is 5.56 Å². The van der Waals surface area contributed by atoms with Crippen LogP contribution in [0.1, 0.15) is 13.9 Å². The number of hydrogen-bond donors (Lipinski definition) is 1. The molecule has 0 aliphatic carbocycles. The number of hydrogen-bond acceptors (Lipinski definition) is 1. The van der Waals surface area contributed by atoms with Gasteiger partial charge >= 0.3 is 0 Å². The molecule has 104 valence electrons. The molecule has 1 N–H and O–H groups in total. The van der Waals surface area contributed by atoms with Crippen LogP contribution in [0.5, 0.6) is 0 Å². The summed E-state index contributed by atoms with van der Waals surface area (Å²) in [5, 5.41) is 0.486. The molecule has 3 aromatic rings. The molecule has 4 heteroatoms. The second kappa shape index (κ2) is 4.52. The molecule has 2 aromatic carbocycles. The third-order valence-electron chi connectivity index (χ3n) is 3.60. The van der Waals surface area contributed by atoms with Crippen molar-refractivity contribution in [3.63, 3.8) is 0 Å². The van der Waals surface area contributed by atoms with E-state index < -0.39 is 18.0 Å². The highest BCUT2D eigenvalue weighted by Crippen LogP contribution is 2.29. The average Bonchev–Trinajstić information content (AvgIpc) is 3.11. The zero-order valence-electron chi connectivity index (χ0n) is 13.0. The highest BCUT2D eigenvalue weighted by atomic mass is 19.1. The highest BCUT2D eigenvalue weighted by Gasteiger charge is 2.17. The van der Waals surface area contributed by atoms with E-state index in [1.807, 2.05) is 0 Å². The first-order valence-corrected chi connectivity index (χ1v) is 6.59. The van der Waals surface area contributed by atoms with Crippen LogP contribution in [0, 0.1) is 11.6 Å². The first kappa shape index (κ1) is 10.3. The Morgan fingerprint density at radius 1 is 1.24 bits per heavy atom. The van der Waals surface area contributed by atoms with E-state index in [1.165, 1.54) is 24.4 Å². The van der Waals surface area contributed by atoms with Crippen LogP contribution in [0.25, 0.3) is 10.9 Å². The number of halogens is 2. The lowest BCUT2D eigenvalue weighted by molar-refractivity contribution is 0.628. The quantitative estimate of drug-likeness (QED) is 0.726. The second-order valence-electron chi connectivity index (χ2n) is 5.00. The van der Waals surface area contributed by atoms with Crippen LogP contribution in [-0.4, -0.2) is 10.7 Å². The summed E-state index contributed by atoms with van der Waals surface area (Å²) in [6, 6.07) is 8.80. The monoisotopic (exact) mass is 284 g/mol. The molecule has 0 radical (unpaired) electrons. The number of nitrogens with one attached hydrogen (secondary N) is 1. The van der Waals surface area contributed by atoms with Crippen molar-refractivity contribution in [3.05, 3.63) is 65.4 Å². The van der Waals surface area contributed by atoms with Crippen LogP contribution in [0.2, 0.25) is 0 Å². The number of benzene rings is 2. The normalized spacial score (nSPS) is 15.6.